The highest BCUT2D eigenvalue weighted by atomic mass is 19.1. The summed E-state index contributed by atoms with van der Waals surface area (Å²) in [6.45, 7) is 0.831. The van der Waals surface area contributed by atoms with E-state index < -0.39 is 17.5 Å². The first-order valence-electron chi connectivity index (χ1n) is 7.24. The molecule has 24 heavy (non-hydrogen) atoms. The zero-order valence-electron chi connectivity index (χ0n) is 12.8. The predicted molar refractivity (Wildman–Crippen MR) is 83.2 cm³/mol. The molecule has 0 bridgehead atoms. The van der Waals surface area contributed by atoms with Crippen LogP contribution < -0.4 is 10.1 Å². The van der Waals surface area contributed by atoms with E-state index in [9.17, 15) is 18.4 Å². The minimum Gasteiger partial charge on any atom is -0.491 e. The maximum Gasteiger partial charge on any atom is 0.258 e. The number of rotatable bonds is 2. The van der Waals surface area contributed by atoms with Gasteiger partial charge in [0, 0.05) is 18.8 Å². The van der Waals surface area contributed by atoms with Crippen molar-refractivity contribution in [2.45, 2.75) is 0 Å². The van der Waals surface area contributed by atoms with Crippen LogP contribution in [0.5, 0.6) is 5.75 Å². The lowest BCUT2D eigenvalue weighted by Gasteiger charge is -2.13. The molecule has 1 aliphatic rings. The maximum atomic E-state index is 13.7. The second kappa shape index (κ2) is 6.27. The fraction of sp³-hybridized carbons (Fsp3) is 0.176. The van der Waals surface area contributed by atoms with Gasteiger partial charge in [-0.05, 0) is 30.3 Å². The number of likely N-dealkylation sites (N-methyl/N-ethyl adjacent to an activating group) is 1. The van der Waals surface area contributed by atoms with Gasteiger partial charge in [-0.3, -0.25) is 9.59 Å². The highest BCUT2D eigenvalue weighted by Crippen LogP contribution is 2.26. The van der Waals surface area contributed by atoms with Crippen LogP contribution in [0.1, 0.15) is 20.7 Å². The average molecular weight is 332 g/mol. The number of carbonyl (C=O) groups is 2. The fourth-order valence-corrected chi connectivity index (χ4v) is 2.37. The number of nitrogens with one attached hydrogen (secondary N) is 1. The lowest BCUT2D eigenvalue weighted by molar-refractivity contribution is 0.0796. The SMILES string of the molecule is CN1CCOc2ccc(NC(=O)c3ccc(F)cc3F)cc2C1=O. The lowest BCUT2D eigenvalue weighted by atomic mass is 10.1. The van der Waals surface area contributed by atoms with Crippen molar-refractivity contribution in [1.29, 1.82) is 0 Å². The average Bonchev–Trinajstić information content (AvgIpc) is 2.67. The Morgan fingerprint density at radius 3 is 2.75 bits per heavy atom. The molecule has 5 nitrogen and oxygen atoms in total. The Bertz CT molecular complexity index is 823. The molecule has 0 spiro atoms. The molecule has 0 atom stereocenters. The molecular weight excluding hydrogens is 318 g/mol. The summed E-state index contributed by atoms with van der Waals surface area (Å²) in [6, 6.07) is 7.30. The second-order valence-corrected chi connectivity index (χ2v) is 5.36. The Hall–Kier alpha value is -2.96. The molecule has 0 aliphatic carbocycles. The molecule has 2 aromatic carbocycles. The normalized spacial score (nSPS) is 13.8. The predicted octanol–water partition coefficient (Wildman–Crippen LogP) is 2.68. The number of halogens is 2. The summed E-state index contributed by atoms with van der Waals surface area (Å²) in [7, 11) is 1.65. The van der Waals surface area contributed by atoms with Gasteiger partial charge in [-0.1, -0.05) is 0 Å². The van der Waals surface area contributed by atoms with Gasteiger partial charge in [0.2, 0.25) is 0 Å². The summed E-state index contributed by atoms with van der Waals surface area (Å²) >= 11 is 0. The number of hydrogen-bond acceptors (Lipinski definition) is 3. The number of hydrogen-bond donors (Lipinski definition) is 1. The fourth-order valence-electron chi connectivity index (χ4n) is 2.37. The Labute approximate surface area is 136 Å². The molecule has 2 amide bonds. The quantitative estimate of drug-likeness (QED) is 0.920. The van der Waals surface area contributed by atoms with Crippen LogP contribution in [0.15, 0.2) is 36.4 Å². The summed E-state index contributed by atoms with van der Waals surface area (Å²) in [4.78, 5) is 25.9. The van der Waals surface area contributed by atoms with E-state index in [1.807, 2.05) is 0 Å². The van der Waals surface area contributed by atoms with Crippen molar-refractivity contribution in [2.75, 3.05) is 25.5 Å². The zero-order chi connectivity index (χ0) is 17.3. The van der Waals surface area contributed by atoms with Gasteiger partial charge in [0.15, 0.2) is 0 Å². The molecule has 2 aromatic rings. The molecule has 1 aliphatic heterocycles. The molecule has 0 fully saturated rings. The number of carbonyl (C=O) groups excluding carboxylic acids is 2. The third-order valence-electron chi connectivity index (χ3n) is 3.67. The number of anilines is 1. The van der Waals surface area contributed by atoms with E-state index in [0.717, 1.165) is 12.1 Å². The molecule has 0 aromatic heterocycles. The van der Waals surface area contributed by atoms with Crippen molar-refractivity contribution in [3.63, 3.8) is 0 Å². The van der Waals surface area contributed by atoms with Crippen LogP contribution >= 0.6 is 0 Å². The highest BCUT2D eigenvalue weighted by Gasteiger charge is 2.22. The Morgan fingerprint density at radius 1 is 1.21 bits per heavy atom. The van der Waals surface area contributed by atoms with E-state index >= 15 is 0 Å². The van der Waals surface area contributed by atoms with E-state index in [0.29, 0.717) is 36.2 Å². The van der Waals surface area contributed by atoms with E-state index in [1.165, 1.54) is 11.0 Å². The summed E-state index contributed by atoms with van der Waals surface area (Å²) in [5, 5.41) is 2.50. The second-order valence-electron chi connectivity index (χ2n) is 5.36. The van der Waals surface area contributed by atoms with Gasteiger partial charge in [0.25, 0.3) is 11.8 Å². The first-order valence-corrected chi connectivity index (χ1v) is 7.24. The maximum absolute atomic E-state index is 13.7. The van der Waals surface area contributed by atoms with Gasteiger partial charge < -0.3 is 15.0 Å². The molecule has 7 heteroatoms. The van der Waals surface area contributed by atoms with Gasteiger partial charge in [-0.2, -0.15) is 0 Å². The standard InChI is InChI=1S/C17H14F2N2O3/c1-21-6-7-24-15-5-3-11(9-13(15)17(21)23)20-16(22)12-4-2-10(18)8-14(12)19/h2-5,8-9H,6-7H2,1H3,(H,20,22). The van der Waals surface area contributed by atoms with Crippen LogP contribution in [0.4, 0.5) is 14.5 Å². The molecule has 0 unspecified atom stereocenters. The van der Waals surface area contributed by atoms with Crippen LogP contribution in [-0.2, 0) is 0 Å². The zero-order valence-corrected chi connectivity index (χ0v) is 12.8. The summed E-state index contributed by atoms with van der Waals surface area (Å²) in [6.07, 6.45) is 0. The molecule has 1 N–H and O–H groups in total. The molecule has 124 valence electrons. The smallest absolute Gasteiger partial charge is 0.258 e. The van der Waals surface area contributed by atoms with Gasteiger partial charge >= 0.3 is 0 Å². The van der Waals surface area contributed by atoms with Gasteiger partial charge in [0.1, 0.15) is 24.0 Å². The molecule has 1 heterocycles. The minimum absolute atomic E-state index is 0.230. The molecule has 0 saturated carbocycles. The summed E-state index contributed by atoms with van der Waals surface area (Å²) in [5.41, 5.74) is 0.341. The third-order valence-corrected chi connectivity index (χ3v) is 3.67. The van der Waals surface area contributed by atoms with Crippen molar-refractivity contribution in [3.8, 4) is 5.75 Å². The van der Waals surface area contributed by atoms with E-state index in [1.54, 1.807) is 19.2 Å². The number of benzene rings is 2. The van der Waals surface area contributed by atoms with Crippen molar-refractivity contribution in [1.82, 2.24) is 4.90 Å². The number of amides is 2. The Kier molecular flexibility index (Phi) is 4.16. The topological polar surface area (TPSA) is 58.6 Å². The number of nitrogens with zero attached hydrogens (tertiary/aromatic N) is 1. The Morgan fingerprint density at radius 2 is 2.00 bits per heavy atom. The van der Waals surface area contributed by atoms with Crippen LogP contribution in [0.25, 0.3) is 0 Å². The number of ether oxygens (including phenoxy) is 1. The van der Waals surface area contributed by atoms with Crippen molar-refractivity contribution < 1.29 is 23.1 Å². The first-order chi connectivity index (χ1) is 11.5. The van der Waals surface area contributed by atoms with Crippen molar-refractivity contribution in [3.05, 3.63) is 59.2 Å². The van der Waals surface area contributed by atoms with Crippen LogP contribution in [0, 0.1) is 11.6 Å². The van der Waals surface area contributed by atoms with E-state index in [-0.39, 0.29) is 11.5 Å². The molecule has 0 saturated heterocycles. The number of fused-ring (bicyclic) bond motifs is 1. The van der Waals surface area contributed by atoms with Crippen LogP contribution in [-0.4, -0.2) is 36.9 Å². The third kappa shape index (κ3) is 3.05. The highest BCUT2D eigenvalue weighted by molar-refractivity contribution is 6.05. The van der Waals surface area contributed by atoms with Crippen molar-refractivity contribution >= 4 is 17.5 Å². The molecule has 3 rings (SSSR count). The summed E-state index contributed by atoms with van der Waals surface area (Å²) < 4.78 is 32.1. The van der Waals surface area contributed by atoms with Gasteiger partial charge in [0.05, 0.1) is 17.7 Å². The largest absolute Gasteiger partial charge is 0.491 e. The molecule has 0 radical (unpaired) electrons. The van der Waals surface area contributed by atoms with Gasteiger partial charge in [-0.15, -0.1) is 0 Å². The monoisotopic (exact) mass is 332 g/mol. The van der Waals surface area contributed by atoms with E-state index in [2.05, 4.69) is 5.32 Å². The van der Waals surface area contributed by atoms with Crippen molar-refractivity contribution in [2.24, 2.45) is 0 Å². The molecular formula is C17H14F2N2O3. The van der Waals surface area contributed by atoms with Gasteiger partial charge in [-0.25, -0.2) is 8.78 Å². The van der Waals surface area contributed by atoms with Crippen LogP contribution in [0.2, 0.25) is 0 Å². The lowest BCUT2D eigenvalue weighted by Crippen LogP contribution is -2.27. The summed E-state index contributed by atoms with van der Waals surface area (Å²) in [5.74, 6) is -2.26. The minimum atomic E-state index is -0.957. The Balaban J connectivity index is 1.87. The van der Waals surface area contributed by atoms with Crippen LogP contribution in [0.3, 0.4) is 0 Å². The first kappa shape index (κ1) is 15.9. The van der Waals surface area contributed by atoms with E-state index in [4.69, 9.17) is 4.74 Å².